The highest BCUT2D eigenvalue weighted by Gasteiger charge is 2.09. The molecule has 3 N–H and O–H groups in total. The van der Waals surface area contributed by atoms with Gasteiger partial charge in [0, 0.05) is 23.9 Å². The van der Waals surface area contributed by atoms with Crippen LogP contribution >= 0.6 is 0 Å². The summed E-state index contributed by atoms with van der Waals surface area (Å²) < 4.78 is 0. The molecule has 0 amide bonds. The first kappa shape index (κ1) is 8.55. The first-order valence-electron chi connectivity index (χ1n) is 4.15. The number of hydrogen-bond acceptors (Lipinski definition) is 4. The first-order valence-corrected chi connectivity index (χ1v) is 4.15. The van der Waals surface area contributed by atoms with Crippen LogP contribution in [0.4, 0.5) is 5.69 Å². The monoisotopic (exact) mass is 190 g/mol. The van der Waals surface area contributed by atoms with Crippen LogP contribution in [0, 0.1) is 5.41 Å². The van der Waals surface area contributed by atoms with Crippen molar-refractivity contribution in [3.63, 3.8) is 0 Å². The Kier molecular flexibility index (Phi) is 1.85. The van der Waals surface area contributed by atoms with Gasteiger partial charge in [-0.05, 0) is 12.1 Å². The molecule has 0 unspecified atom stereocenters. The van der Waals surface area contributed by atoms with Gasteiger partial charge in [0.05, 0.1) is 17.8 Å². The van der Waals surface area contributed by atoms with Gasteiger partial charge in [-0.1, -0.05) is 0 Å². The predicted octanol–water partition coefficient (Wildman–Crippen LogP) is 0.746. The van der Waals surface area contributed by atoms with E-state index >= 15 is 0 Å². The molecule has 0 aromatic carbocycles. The Morgan fingerprint density at radius 2 is 2.21 bits per heavy atom. The SMILES string of the molecule is CNc1ccc(=N)c2cn(O)ncc1-2. The van der Waals surface area contributed by atoms with Crippen LogP contribution in [0.1, 0.15) is 0 Å². The van der Waals surface area contributed by atoms with Crippen LogP contribution in [0.5, 0.6) is 0 Å². The molecular weight excluding hydrogens is 180 g/mol. The maximum atomic E-state index is 9.12. The number of nitrogens with zero attached hydrogens (tertiary/aromatic N) is 2. The lowest BCUT2D eigenvalue weighted by Gasteiger charge is -2.10. The third-order valence-corrected chi connectivity index (χ3v) is 2.11. The van der Waals surface area contributed by atoms with Gasteiger partial charge in [0.25, 0.3) is 0 Å². The number of fused-ring (bicyclic) bond motifs is 1. The normalized spacial score (nSPS) is 10.4. The fourth-order valence-corrected chi connectivity index (χ4v) is 1.40. The van der Waals surface area contributed by atoms with Crippen molar-refractivity contribution < 1.29 is 5.21 Å². The largest absolute Gasteiger partial charge is 0.412 e. The van der Waals surface area contributed by atoms with E-state index in [9.17, 15) is 0 Å². The molecule has 1 heterocycles. The molecule has 0 atom stereocenters. The number of benzene rings is 1. The fraction of sp³-hybridized carbons (Fsp3) is 0.111. The predicted molar refractivity (Wildman–Crippen MR) is 51.4 cm³/mol. The average Bonchev–Trinajstić information content (AvgIpc) is 2.19. The van der Waals surface area contributed by atoms with Gasteiger partial charge in [0.2, 0.25) is 0 Å². The van der Waals surface area contributed by atoms with Gasteiger partial charge in [-0.25, -0.2) is 0 Å². The minimum Gasteiger partial charge on any atom is -0.412 e. The van der Waals surface area contributed by atoms with Crippen LogP contribution < -0.4 is 10.7 Å². The van der Waals surface area contributed by atoms with E-state index in [1.54, 1.807) is 13.1 Å². The summed E-state index contributed by atoms with van der Waals surface area (Å²) in [6.45, 7) is 0. The molecule has 0 aromatic heterocycles. The highest BCUT2D eigenvalue weighted by atomic mass is 16.5. The summed E-state index contributed by atoms with van der Waals surface area (Å²) in [5, 5.41) is 23.8. The van der Waals surface area contributed by atoms with E-state index < -0.39 is 0 Å². The molecule has 1 aliphatic carbocycles. The number of hydrogen-bond donors (Lipinski definition) is 3. The molecule has 0 radical (unpaired) electrons. The van der Waals surface area contributed by atoms with Gasteiger partial charge in [0.15, 0.2) is 0 Å². The van der Waals surface area contributed by atoms with Crippen molar-refractivity contribution in [2.75, 3.05) is 12.4 Å². The van der Waals surface area contributed by atoms with Gasteiger partial charge in [-0.2, -0.15) is 0 Å². The van der Waals surface area contributed by atoms with Crippen LogP contribution in [0.2, 0.25) is 0 Å². The van der Waals surface area contributed by atoms with Crippen molar-refractivity contribution in [2.24, 2.45) is 0 Å². The van der Waals surface area contributed by atoms with Gasteiger partial charge in [0.1, 0.15) is 0 Å². The topological polar surface area (TPSA) is 73.9 Å². The maximum absolute atomic E-state index is 9.12. The Morgan fingerprint density at radius 3 is 2.93 bits per heavy atom. The summed E-state index contributed by atoms with van der Waals surface area (Å²) >= 11 is 0. The lowest BCUT2D eigenvalue weighted by Crippen LogP contribution is -2.11. The van der Waals surface area contributed by atoms with Gasteiger partial charge < -0.3 is 15.9 Å². The molecule has 2 aliphatic rings. The first-order chi connectivity index (χ1) is 6.72. The highest BCUT2D eigenvalue weighted by Crippen LogP contribution is 2.24. The van der Waals surface area contributed by atoms with Crippen molar-refractivity contribution in [1.29, 1.82) is 5.41 Å². The summed E-state index contributed by atoms with van der Waals surface area (Å²) in [6, 6.07) is 3.49. The molecule has 5 heteroatoms. The van der Waals surface area contributed by atoms with E-state index in [1.165, 1.54) is 12.4 Å². The van der Waals surface area contributed by atoms with E-state index in [1.807, 2.05) is 6.07 Å². The number of aromatic nitrogens is 2. The van der Waals surface area contributed by atoms with Crippen LogP contribution in [0.3, 0.4) is 0 Å². The second-order valence-electron chi connectivity index (χ2n) is 2.93. The van der Waals surface area contributed by atoms with Crippen molar-refractivity contribution in [3.8, 4) is 11.1 Å². The molecule has 5 nitrogen and oxygen atoms in total. The molecule has 72 valence electrons. The molecule has 0 spiro atoms. The molecule has 0 saturated carbocycles. The second-order valence-corrected chi connectivity index (χ2v) is 2.93. The van der Waals surface area contributed by atoms with Crippen molar-refractivity contribution in [1.82, 2.24) is 9.94 Å². The van der Waals surface area contributed by atoms with Crippen LogP contribution in [-0.2, 0) is 0 Å². The standard InChI is InChI=1S/C9H10N4O/c1-11-9-3-2-8(10)7-5-13(14)12-4-6(7)9/h2-5,10-11,14H,1H3. The van der Waals surface area contributed by atoms with Crippen molar-refractivity contribution in [2.45, 2.75) is 0 Å². The van der Waals surface area contributed by atoms with E-state index in [-0.39, 0.29) is 0 Å². The Hall–Kier alpha value is -2.04. The van der Waals surface area contributed by atoms with Gasteiger partial charge in [-0.3, -0.25) is 0 Å². The summed E-state index contributed by atoms with van der Waals surface area (Å²) in [7, 11) is 1.80. The Morgan fingerprint density at radius 1 is 1.43 bits per heavy atom. The van der Waals surface area contributed by atoms with Crippen LogP contribution in [-0.4, -0.2) is 22.2 Å². The minimum atomic E-state index is 0.365. The molecule has 1 aliphatic heterocycles. The average molecular weight is 190 g/mol. The second kappa shape index (κ2) is 3.02. The van der Waals surface area contributed by atoms with E-state index in [0.717, 1.165) is 11.3 Å². The van der Waals surface area contributed by atoms with Crippen LogP contribution in [0.25, 0.3) is 11.1 Å². The lowest BCUT2D eigenvalue weighted by atomic mass is 10.1. The Balaban J connectivity index is 2.82. The summed E-state index contributed by atoms with van der Waals surface area (Å²) in [5.74, 6) is 0. The van der Waals surface area contributed by atoms with Crippen molar-refractivity contribution in [3.05, 3.63) is 29.9 Å². The summed E-state index contributed by atoms with van der Waals surface area (Å²) in [4.78, 5) is 0.708. The fourth-order valence-electron chi connectivity index (χ4n) is 1.40. The van der Waals surface area contributed by atoms with Crippen molar-refractivity contribution >= 4 is 5.69 Å². The smallest absolute Gasteiger partial charge is 0.0749 e. The number of rotatable bonds is 1. The summed E-state index contributed by atoms with van der Waals surface area (Å²) in [6.07, 6.45) is 2.94. The zero-order valence-corrected chi connectivity index (χ0v) is 7.65. The minimum absolute atomic E-state index is 0.365. The maximum Gasteiger partial charge on any atom is 0.0749 e. The number of anilines is 1. The molecular formula is C9H10N4O. The third kappa shape index (κ3) is 1.19. The van der Waals surface area contributed by atoms with Gasteiger partial charge in [-0.15, -0.1) is 9.94 Å². The van der Waals surface area contributed by atoms with E-state index in [0.29, 0.717) is 15.8 Å². The van der Waals surface area contributed by atoms with Crippen LogP contribution in [0.15, 0.2) is 24.5 Å². The Labute approximate surface area is 80.4 Å². The quantitative estimate of drug-likeness (QED) is 0.581. The highest BCUT2D eigenvalue weighted by molar-refractivity contribution is 5.77. The van der Waals surface area contributed by atoms with E-state index in [2.05, 4.69) is 10.4 Å². The molecule has 14 heavy (non-hydrogen) atoms. The zero-order valence-electron chi connectivity index (χ0n) is 7.65. The number of nitrogens with one attached hydrogen (secondary N) is 2. The van der Waals surface area contributed by atoms with Gasteiger partial charge >= 0.3 is 0 Å². The molecule has 0 bridgehead atoms. The molecule has 2 rings (SSSR count). The molecule has 0 aromatic rings. The summed E-state index contributed by atoms with van der Waals surface area (Å²) in [5.41, 5.74) is 2.38. The van der Waals surface area contributed by atoms with E-state index in [4.69, 9.17) is 10.6 Å². The Bertz CT molecular complexity index is 491. The molecule has 0 saturated heterocycles. The zero-order chi connectivity index (χ0) is 10.1. The third-order valence-electron chi connectivity index (χ3n) is 2.11. The lowest BCUT2D eigenvalue weighted by molar-refractivity contribution is 0.144. The molecule has 0 fully saturated rings.